The summed E-state index contributed by atoms with van der Waals surface area (Å²) in [5.74, 6) is 0.587. The van der Waals surface area contributed by atoms with Gasteiger partial charge in [-0.05, 0) is 18.2 Å². The first-order valence-corrected chi connectivity index (χ1v) is 6.74. The van der Waals surface area contributed by atoms with Crippen molar-refractivity contribution in [3.8, 4) is 0 Å². The summed E-state index contributed by atoms with van der Waals surface area (Å²) in [5.41, 5.74) is 0.0496. The van der Waals surface area contributed by atoms with Gasteiger partial charge in [0.15, 0.2) is 0 Å². The topological polar surface area (TPSA) is 6.48 Å². The maximum Gasteiger partial charge on any atom is 0.416 e. The highest BCUT2D eigenvalue weighted by atomic mass is 35.5. The molecule has 0 N–H and O–H groups in total. The third-order valence-electron chi connectivity index (χ3n) is 3.31. The van der Waals surface area contributed by atoms with Crippen LogP contribution in [0.4, 0.5) is 18.9 Å². The van der Waals surface area contributed by atoms with Gasteiger partial charge in [-0.25, -0.2) is 0 Å². The smallest absolute Gasteiger partial charge is 0.369 e. The minimum absolute atomic E-state index is 0. The predicted molar refractivity (Wildman–Crippen MR) is 78.1 cm³/mol. The summed E-state index contributed by atoms with van der Waals surface area (Å²) in [7, 11) is 0. The van der Waals surface area contributed by atoms with Gasteiger partial charge in [-0.3, -0.25) is 4.90 Å². The number of hydrogen-bond donors (Lipinski definition) is 0. The minimum Gasteiger partial charge on any atom is -0.369 e. The molecule has 0 aliphatic carbocycles. The van der Waals surface area contributed by atoms with Gasteiger partial charge in [0, 0.05) is 44.3 Å². The maximum absolute atomic E-state index is 12.7. The second-order valence-electron chi connectivity index (χ2n) is 4.57. The molecule has 2 nitrogen and oxygen atoms in total. The van der Waals surface area contributed by atoms with E-state index in [2.05, 4.69) is 4.90 Å². The monoisotopic (exact) mass is 328 g/mol. The van der Waals surface area contributed by atoms with E-state index in [1.807, 2.05) is 4.90 Å². The predicted octanol–water partition coefficient (Wildman–Crippen LogP) is 3.49. The van der Waals surface area contributed by atoms with Gasteiger partial charge in [0.05, 0.1) is 5.56 Å². The van der Waals surface area contributed by atoms with E-state index in [0.29, 0.717) is 11.6 Å². The Balaban J connectivity index is 0.00000200. The number of benzene rings is 1. The average Bonchev–Trinajstić information content (AvgIpc) is 2.39. The highest BCUT2D eigenvalue weighted by Crippen LogP contribution is 2.31. The Hall–Kier alpha value is -0.650. The van der Waals surface area contributed by atoms with Crippen LogP contribution in [-0.4, -0.2) is 43.5 Å². The van der Waals surface area contributed by atoms with E-state index in [1.165, 1.54) is 12.1 Å². The Morgan fingerprint density at radius 1 is 1.10 bits per heavy atom. The molecule has 0 aromatic heterocycles. The number of halogens is 5. The molecule has 1 saturated heterocycles. The van der Waals surface area contributed by atoms with Crippen molar-refractivity contribution in [2.75, 3.05) is 43.5 Å². The van der Waals surface area contributed by atoms with Crippen LogP contribution in [0.5, 0.6) is 0 Å². The second-order valence-corrected chi connectivity index (χ2v) is 4.94. The van der Waals surface area contributed by atoms with E-state index in [-0.39, 0.29) is 12.4 Å². The molecule has 1 heterocycles. The largest absolute Gasteiger partial charge is 0.416 e. The first kappa shape index (κ1) is 17.4. The lowest BCUT2D eigenvalue weighted by Crippen LogP contribution is -2.47. The highest BCUT2D eigenvalue weighted by molar-refractivity contribution is 6.18. The van der Waals surface area contributed by atoms with Gasteiger partial charge in [-0.1, -0.05) is 6.07 Å². The molecule has 1 aliphatic heterocycles. The fourth-order valence-corrected chi connectivity index (χ4v) is 2.47. The highest BCUT2D eigenvalue weighted by Gasteiger charge is 2.31. The quantitative estimate of drug-likeness (QED) is 0.784. The van der Waals surface area contributed by atoms with Crippen LogP contribution in [-0.2, 0) is 6.18 Å². The molecule has 114 valence electrons. The van der Waals surface area contributed by atoms with Crippen LogP contribution in [0.1, 0.15) is 5.56 Å². The Morgan fingerprint density at radius 2 is 1.75 bits per heavy atom. The normalized spacial score (nSPS) is 16.9. The molecule has 0 unspecified atom stereocenters. The zero-order valence-electron chi connectivity index (χ0n) is 10.9. The SMILES string of the molecule is Cl.FC(F)(F)c1cccc(N2CCN(CCCl)CC2)c1. The molecule has 0 spiro atoms. The third kappa shape index (κ3) is 4.43. The van der Waals surface area contributed by atoms with E-state index in [4.69, 9.17) is 11.6 Å². The molecule has 0 atom stereocenters. The lowest BCUT2D eigenvalue weighted by atomic mass is 10.1. The molecule has 20 heavy (non-hydrogen) atoms. The van der Waals surface area contributed by atoms with Crippen molar-refractivity contribution in [1.29, 1.82) is 0 Å². The number of anilines is 1. The van der Waals surface area contributed by atoms with Crippen LogP contribution in [0.15, 0.2) is 24.3 Å². The molecule has 0 bridgehead atoms. The van der Waals surface area contributed by atoms with Gasteiger partial charge < -0.3 is 4.90 Å². The summed E-state index contributed by atoms with van der Waals surface area (Å²) in [6.45, 7) is 3.97. The summed E-state index contributed by atoms with van der Waals surface area (Å²) >= 11 is 5.68. The van der Waals surface area contributed by atoms with Gasteiger partial charge in [0.2, 0.25) is 0 Å². The molecule has 1 fully saturated rings. The molecule has 0 amide bonds. The zero-order valence-corrected chi connectivity index (χ0v) is 12.4. The lowest BCUT2D eigenvalue weighted by Gasteiger charge is -2.36. The first-order chi connectivity index (χ1) is 9.00. The minimum atomic E-state index is -4.28. The number of hydrogen-bond acceptors (Lipinski definition) is 2. The van der Waals surface area contributed by atoms with Crippen LogP contribution < -0.4 is 4.90 Å². The number of piperazine rings is 1. The van der Waals surface area contributed by atoms with Crippen LogP contribution in [0.2, 0.25) is 0 Å². The van der Waals surface area contributed by atoms with Crippen molar-refractivity contribution in [1.82, 2.24) is 4.90 Å². The Bertz CT molecular complexity index is 418. The molecule has 0 saturated carbocycles. The van der Waals surface area contributed by atoms with Crippen molar-refractivity contribution >= 4 is 29.7 Å². The Labute approximate surface area is 127 Å². The second kappa shape index (κ2) is 7.38. The summed E-state index contributed by atoms with van der Waals surface area (Å²) in [4.78, 5) is 4.21. The summed E-state index contributed by atoms with van der Waals surface area (Å²) in [6.07, 6.45) is -4.28. The Kier molecular flexibility index (Phi) is 6.43. The molecule has 7 heteroatoms. The van der Waals surface area contributed by atoms with Crippen LogP contribution in [0.25, 0.3) is 0 Å². The van der Waals surface area contributed by atoms with Crippen molar-refractivity contribution < 1.29 is 13.2 Å². The molecule has 1 aromatic rings. The fourth-order valence-electron chi connectivity index (χ4n) is 2.23. The van der Waals surface area contributed by atoms with Crippen LogP contribution in [0.3, 0.4) is 0 Å². The third-order valence-corrected chi connectivity index (χ3v) is 3.48. The average molecular weight is 329 g/mol. The van der Waals surface area contributed by atoms with Crippen molar-refractivity contribution in [3.63, 3.8) is 0 Å². The fraction of sp³-hybridized carbons (Fsp3) is 0.538. The van der Waals surface area contributed by atoms with Gasteiger partial charge in [-0.2, -0.15) is 13.2 Å². The molecule has 0 radical (unpaired) electrons. The first-order valence-electron chi connectivity index (χ1n) is 6.21. The van der Waals surface area contributed by atoms with Crippen molar-refractivity contribution in [3.05, 3.63) is 29.8 Å². The molecular weight excluding hydrogens is 312 g/mol. The summed E-state index contributed by atoms with van der Waals surface area (Å²) in [5, 5.41) is 0. The van der Waals surface area contributed by atoms with Gasteiger partial charge in [0.25, 0.3) is 0 Å². The molecular formula is C13H17Cl2F3N2. The van der Waals surface area contributed by atoms with Gasteiger partial charge in [-0.15, -0.1) is 24.0 Å². The number of alkyl halides is 4. The Morgan fingerprint density at radius 3 is 2.30 bits per heavy atom. The van der Waals surface area contributed by atoms with E-state index in [1.54, 1.807) is 6.07 Å². The number of nitrogens with zero attached hydrogens (tertiary/aromatic N) is 2. The summed E-state index contributed by atoms with van der Waals surface area (Å²) < 4.78 is 38.0. The molecule has 2 rings (SSSR count). The standard InChI is InChI=1S/C13H16ClF3N2.ClH/c14-4-5-18-6-8-19(9-7-18)12-3-1-2-11(10-12)13(15,16)17;/h1-3,10H,4-9H2;1H. The van der Waals surface area contributed by atoms with E-state index >= 15 is 0 Å². The zero-order chi connectivity index (χ0) is 13.9. The van der Waals surface area contributed by atoms with Gasteiger partial charge >= 0.3 is 6.18 Å². The van der Waals surface area contributed by atoms with E-state index in [9.17, 15) is 13.2 Å². The lowest BCUT2D eigenvalue weighted by molar-refractivity contribution is -0.137. The van der Waals surface area contributed by atoms with E-state index < -0.39 is 11.7 Å². The van der Waals surface area contributed by atoms with Crippen molar-refractivity contribution in [2.45, 2.75) is 6.18 Å². The van der Waals surface area contributed by atoms with Crippen molar-refractivity contribution in [2.24, 2.45) is 0 Å². The van der Waals surface area contributed by atoms with E-state index in [0.717, 1.165) is 38.8 Å². The van der Waals surface area contributed by atoms with Gasteiger partial charge in [0.1, 0.15) is 0 Å². The molecule has 1 aromatic carbocycles. The molecule has 1 aliphatic rings. The maximum atomic E-state index is 12.7. The van der Waals surface area contributed by atoms with Crippen LogP contribution in [0, 0.1) is 0 Å². The summed E-state index contributed by atoms with van der Waals surface area (Å²) in [6, 6.07) is 5.51. The number of rotatable bonds is 3. The van der Waals surface area contributed by atoms with Crippen LogP contribution >= 0.6 is 24.0 Å².